The summed E-state index contributed by atoms with van der Waals surface area (Å²) in [4.78, 5) is 13.2. The van der Waals surface area contributed by atoms with Gasteiger partial charge in [0.25, 0.3) is 0 Å². The number of hydrogen-bond acceptors (Lipinski definition) is 4. The second kappa shape index (κ2) is 7.62. The molecule has 0 radical (unpaired) electrons. The molecule has 138 valence electrons. The van der Waals surface area contributed by atoms with Gasteiger partial charge in [-0.15, -0.1) is 11.3 Å². The Hall–Kier alpha value is -2.50. The van der Waals surface area contributed by atoms with Crippen LogP contribution in [0.15, 0.2) is 53.9 Å². The number of hydrogen-bond donors (Lipinski definition) is 1. The van der Waals surface area contributed by atoms with Gasteiger partial charge < -0.3 is 14.8 Å². The van der Waals surface area contributed by atoms with Gasteiger partial charge in [0.1, 0.15) is 6.61 Å². The minimum Gasteiger partial charge on any atom is -0.493 e. The third-order valence-corrected chi connectivity index (χ3v) is 5.86. The molecule has 0 fully saturated rings. The Bertz CT molecular complexity index is 968. The Morgan fingerprint density at radius 1 is 1.15 bits per heavy atom. The van der Waals surface area contributed by atoms with E-state index in [0.717, 1.165) is 16.8 Å². The molecular formula is C21H18ClNO3S. The maximum absolute atomic E-state index is 12.0. The smallest absolute Gasteiger partial charge is 0.225 e. The Kier molecular flexibility index (Phi) is 5.05. The van der Waals surface area contributed by atoms with Crippen molar-refractivity contribution < 1.29 is 14.3 Å². The molecule has 2 heterocycles. The number of amides is 1. The Morgan fingerprint density at radius 2 is 1.96 bits per heavy atom. The van der Waals surface area contributed by atoms with Crippen LogP contribution in [0, 0.1) is 0 Å². The number of ether oxygens (including phenoxy) is 2. The molecule has 0 aliphatic carbocycles. The fourth-order valence-corrected chi connectivity index (χ4v) is 4.31. The Balaban J connectivity index is 1.57. The maximum atomic E-state index is 12.0. The Labute approximate surface area is 166 Å². The van der Waals surface area contributed by atoms with E-state index < -0.39 is 0 Å². The van der Waals surface area contributed by atoms with Crippen LogP contribution in [0.1, 0.15) is 28.3 Å². The summed E-state index contributed by atoms with van der Waals surface area (Å²) >= 11 is 7.58. The van der Waals surface area contributed by atoms with E-state index >= 15 is 0 Å². The number of benzene rings is 2. The summed E-state index contributed by atoms with van der Waals surface area (Å²) in [6.07, 6.45) is 0.432. The van der Waals surface area contributed by atoms with Crippen molar-refractivity contribution in [2.45, 2.75) is 18.9 Å². The van der Waals surface area contributed by atoms with E-state index in [9.17, 15) is 4.79 Å². The summed E-state index contributed by atoms with van der Waals surface area (Å²) in [5.74, 6) is 1.40. The van der Waals surface area contributed by atoms with Gasteiger partial charge in [-0.3, -0.25) is 4.79 Å². The van der Waals surface area contributed by atoms with Crippen LogP contribution in [-0.2, 0) is 11.4 Å². The second-order valence-electron chi connectivity index (χ2n) is 6.33. The molecule has 0 bridgehead atoms. The van der Waals surface area contributed by atoms with Crippen molar-refractivity contribution in [2.75, 3.05) is 12.4 Å². The van der Waals surface area contributed by atoms with Gasteiger partial charge in [-0.1, -0.05) is 29.8 Å². The summed E-state index contributed by atoms with van der Waals surface area (Å²) in [6, 6.07) is 15.4. The standard InChI is InChI=1S/C21H18ClNO3S/c1-25-19-10-14(16-11-20(24)23-17-8-9-27-21(16)17)4-7-18(19)26-12-13-2-5-15(22)6-3-13/h2-10,16H,11-12H2,1H3,(H,23,24)/t16-/m1/s1. The highest BCUT2D eigenvalue weighted by Crippen LogP contribution is 2.42. The van der Waals surface area contributed by atoms with E-state index in [2.05, 4.69) is 5.32 Å². The van der Waals surface area contributed by atoms with Gasteiger partial charge in [0, 0.05) is 22.2 Å². The molecule has 2 aromatic carbocycles. The molecule has 0 saturated carbocycles. The monoisotopic (exact) mass is 399 g/mol. The molecule has 1 amide bonds. The first-order valence-electron chi connectivity index (χ1n) is 8.56. The lowest BCUT2D eigenvalue weighted by Gasteiger charge is -2.23. The zero-order valence-electron chi connectivity index (χ0n) is 14.7. The number of halogens is 1. The van der Waals surface area contributed by atoms with Gasteiger partial charge in [-0.2, -0.15) is 0 Å². The summed E-state index contributed by atoms with van der Waals surface area (Å²) in [5.41, 5.74) is 2.98. The van der Waals surface area contributed by atoms with Gasteiger partial charge in [0.15, 0.2) is 11.5 Å². The number of nitrogens with one attached hydrogen (secondary N) is 1. The third kappa shape index (κ3) is 3.80. The molecule has 1 aromatic heterocycles. The predicted octanol–water partition coefficient (Wildman–Crippen LogP) is 5.46. The number of anilines is 1. The average molecular weight is 400 g/mol. The number of carbonyl (C=O) groups excluding carboxylic acids is 1. The molecule has 6 heteroatoms. The minimum absolute atomic E-state index is 0.0351. The first-order chi connectivity index (χ1) is 13.1. The van der Waals surface area contributed by atoms with Gasteiger partial charge in [0.05, 0.1) is 12.8 Å². The number of rotatable bonds is 5. The topological polar surface area (TPSA) is 47.6 Å². The van der Waals surface area contributed by atoms with E-state index in [1.807, 2.05) is 53.9 Å². The van der Waals surface area contributed by atoms with E-state index in [1.165, 1.54) is 4.88 Å². The number of carbonyl (C=O) groups is 1. The molecule has 4 rings (SSSR count). The first-order valence-corrected chi connectivity index (χ1v) is 9.82. The van der Waals surface area contributed by atoms with Gasteiger partial charge in [-0.25, -0.2) is 0 Å². The number of thiophene rings is 1. The van der Waals surface area contributed by atoms with E-state index in [4.69, 9.17) is 21.1 Å². The summed E-state index contributed by atoms with van der Waals surface area (Å²) in [7, 11) is 1.62. The third-order valence-electron chi connectivity index (χ3n) is 4.57. The summed E-state index contributed by atoms with van der Waals surface area (Å²) < 4.78 is 11.5. The molecular weight excluding hydrogens is 382 g/mol. The summed E-state index contributed by atoms with van der Waals surface area (Å²) in [5, 5.41) is 5.63. The van der Waals surface area contributed by atoms with Crippen molar-refractivity contribution in [3.05, 3.63) is 74.9 Å². The molecule has 1 aliphatic heterocycles. The lowest BCUT2D eigenvalue weighted by molar-refractivity contribution is -0.116. The molecule has 0 unspecified atom stereocenters. The lowest BCUT2D eigenvalue weighted by Crippen LogP contribution is -2.21. The van der Waals surface area contributed by atoms with Crippen LogP contribution < -0.4 is 14.8 Å². The molecule has 1 aliphatic rings. The van der Waals surface area contributed by atoms with Crippen molar-refractivity contribution >= 4 is 34.5 Å². The van der Waals surface area contributed by atoms with E-state index in [1.54, 1.807) is 18.4 Å². The van der Waals surface area contributed by atoms with Crippen molar-refractivity contribution in [1.82, 2.24) is 0 Å². The number of fused-ring (bicyclic) bond motifs is 1. The largest absolute Gasteiger partial charge is 0.493 e. The highest BCUT2D eigenvalue weighted by molar-refractivity contribution is 7.10. The van der Waals surface area contributed by atoms with Crippen LogP contribution in [0.3, 0.4) is 0 Å². The highest BCUT2D eigenvalue weighted by Gasteiger charge is 2.28. The quantitative estimate of drug-likeness (QED) is 0.619. The normalized spacial score (nSPS) is 15.8. The van der Waals surface area contributed by atoms with E-state index in [-0.39, 0.29) is 11.8 Å². The maximum Gasteiger partial charge on any atom is 0.225 e. The van der Waals surface area contributed by atoms with Crippen molar-refractivity contribution in [1.29, 1.82) is 0 Å². The predicted molar refractivity (Wildman–Crippen MR) is 108 cm³/mol. The number of methoxy groups -OCH3 is 1. The van der Waals surface area contributed by atoms with E-state index in [0.29, 0.717) is 29.5 Å². The first kappa shape index (κ1) is 17.9. The summed E-state index contributed by atoms with van der Waals surface area (Å²) in [6.45, 7) is 0.424. The van der Waals surface area contributed by atoms with Crippen molar-refractivity contribution in [3.63, 3.8) is 0 Å². The second-order valence-corrected chi connectivity index (χ2v) is 7.71. The zero-order chi connectivity index (χ0) is 18.8. The molecule has 27 heavy (non-hydrogen) atoms. The van der Waals surface area contributed by atoms with Crippen molar-refractivity contribution in [2.24, 2.45) is 0 Å². The van der Waals surface area contributed by atoms with Gasteiger partial charge in [-0.05, 0) is 46.8 Å². The van der Waals surface area contributed by atoms with Crippen LogP contribution in [0.25, 0.3) is 0 Å². The highest BCUT2D eigenvalue weighted by atomic mass is 35.5. The zero-order valence-corrected chi connectivity index (χ0v) is 16.3. The molecule has 4 nitrogen and oxygen atoms in total. The van der Waals surface area contributed by atoms with Crippen LogP contribution in [0.4, 0.5) is 5.69 Å². The van der Waals surface area contributed by atoms with Crippen molar-refractivity contribution in [3.8, 4) is 11.5 Å². The molecule has 3 aromatic rings. The van der Waals surface area contributed by atoms with Crippen LogP contribution in [0.2, 0.25) is 5.02 Å². The molecule has 0 saturated heterocycles. The van der Waals surface area contributed by atoms with Gasteiger partial charge >= 0.3 is 0 Å². The molecule has 1 N–H and O–H groups in total. The fraction of sp³-hybridized carbons (Fsp3) is 0.190. The molecule has 0 spiro atoms. The average Bonchev–Trinajstić information content (AvgIpc) is 3.15. The van der Waals surface area contributed by atoms with Gasteiger partial charge in [0.2, 0.25) is 5.91 Å². The Morgan fingerprint density at radius 3 is 2.74 bits per heavy atom. The molecule has 1 atom stereocenters. The minimum atomic E-state index is 0.0351. The van der Waals surface area contributed by atoms with Crippen LogP contribution in [0.5, 0.6) is 11.5 Å². The SMILES string of the molecule is COc1cc([C@H]2CC(=O)Nc3ccsc32)ccc1OCc1ccc(Cl)cc1. The fourth-order valence-electron chi connectivity index (χ4n) is 3.20. The lowest BCUT2D eigenvalue weighted by atomic mass is 9.90. The van der Waals surface area contributed by atoms with Crippen LogP contribution >= 0.6 is 22.9 Å². The van der Waals surface area contributed by atoms with Crippen LogP contribution in [-0.4, -0.2) is 13.0 Å².